The van der Waals surface area contributed by atoms with Gasteiger partial charge < -0.3 is 9.84 Å². The molecule has 0 aliphatic heterocycles. The summed E-state index contributed by atoms with van der Waals surface area (Å²) in [5.41, 5.74) is 0.562. The molecule has 0 aromatic carbocycles. The predicted octanol–water partition coefficient (Wildman–Crippen LogP) is 3.15. The molecule has 0 aliphatic carbocycles. The molecule has 1 heterocycles. The van der Waals surface area contributed by atoms with E-state index >= 15 is 0 Å². The Balaban J connectivity index is 2.65. The molecular formula is C11H16O3S. The Morgan fingerprint density at radius 1 is 1.60 bits per heavy atom. The van der Waals surface area contributed by atoms with Crippen molar-refractivity contribution in [3.05, 3.63) is 21.9 Å². The molecule has 0 amide bonds. The van der Waals surface area contributed by atoms with Gasteiger partial charge in [0.1, 0.15) is 4.88 Å². The summed E-state index contributed by atoms with van der Waals surface area (Å²) in [5.74, 6) is -0.877. The van der Waals surface area contributed by atoms with Gasteiger partial charge in [0, 0.05) is 5.56 Å². The molecule has 0 radical (unpaired) electrons. The fourth-order valence-electron chi connectivity index (χ4n) is 1.01. The third-order valence-electron chi connectivity index (χ3n) is 2.41. The van der Waals surface area contributed by atoms with Gasteiger partial charge in [-0.25, -0.2) is 4.79 Å². The summed E-state index contributed by atoms with van der Waals surface area (Å²) >= 11 is 1.24. The van der Waals surface area contributed by atoms with E-state index in [9.17, 15) is 4.79 Å². The van der Waals surface area contributed by atoms with E-state index in [4.69, 9.17) is 9.84 Å². The monoisotopic (exact) mass is 228 g/mol. The molecule has 1 N–H and O–H groups in total. The van der Waals surface area contributed by atoms with E-state index in [2.05, 4.69) is 0 Å². The van der Waals surface area contributed by atoms with Crippen molar-refractivity contribution in [1.82, 2.24) is 0 Å². The number of carboxylic acids is 1. The smallest absolute Gasteiger partial charge is 0.346 e. The highest BCUT2D eigenvalue weighted by molar-refractivity contribution is 7.12. The molecule has 0 saturated carbocycles. The number of rotatable bonds is 5. The van der Waals surface area contributed by atoms with Gasteiger partial charge >= 0.3 is 5.97 Å². The van der Waals surface area contributed by atoms with Crippen LogP contribution in [-0.4, -0.2) is 16.7 Å². The molecule has 84 valence electrons. The molecule has 0 unspecified atom stereocenters. The second-order valence-corrected chi connectivity index (χ2v) is 4.90. The Bertz CT molecular complexity index is 341. The second kappa shape index (κ2) is 4.77. The van der Waals surface area contributed by atoms with Crippen molar-refractivity contribution in [3.8, 4) is 0 Å². The van der Waals surface area contributed by atoms with Gasteiger partial charge in [0.05, 0.1) is 12.2 Å². The molecule has 1 aromatic rings. The predicted molar refractivity (Wildman–Crippen MR) is 60.4 cm³/mol. The molecular weight excluding hydrogens is 212 g/mol. The molecule has 0 aliphatic rings. The van der Waals surface area contributed by atoms with Crippen molar-refractivity contribution in [2.75, 3.05) is 0 Å². The van der Waals surface area contributed by atoms with Crippen molar-refractivity contribution in [2.45, 2.75) is 39.4 Å². The van der Waals surface area contributed by atoms with Crippen LogP contribution < -0.4 is 0 Å². The minimum atomic E-state index is -0.877. The summed E-state index contributed by atoms with van der Waals surface area (Å²) in [5, 5.41) is 10.7. The fourth-order valence-corrected chi connectivity index (χ4v) is 1.76. The number of carboxylic acid groups (broad SMARTS) is 1. The molecule has 3 nitrogen and oxygen atoms in total. The van der Waals surface area contributed by atoms with E-state index in [0.29, 0.717) is 11.5 Å². The van der Waals surface area contributed by atoms with Crippen molar-refractivity contribution < 1.29 is 14.6 Å². The van der Waals surface area contributed by atoms with Crippen LogP contribution in [0, 0.1) is 0 Å². The lowest BCUT2D eigenvalue weighted by molar-refractivity contribution is -0.0318. The first kappa shape index (κ1) is 12.2. The largest absolute Gasteiger partial charge is 0.477 e. The molecule has 0 fully saturated rings. The van der Waals surface area contributed by atoms with Crippen LogP contribution in [0.5, 0.6) is 0 Å². The highest BCUT2D eigenvalue weighted by Gasteiger charge is 2.18. The average molecular weight is 228 g/mol. The second-order valence-electron chi connectivity index (χ2n) is 3.98. The standard InChI is InChI=1S/C11H16O3S/c1-4-11(2,3)14-7-8-5-6-15-9(8)10(12)13/h5-6H,4,7H2,1-3H3,(H,12,13). The quantitative estimate of drug-likeness (QED) is 0.842. The van der Waals surface area contributed by atoms with Crippen LogP contribution in [0.1, 0.15) is 42.4 Å². The first-order valence-electron chi connectivity index (χ1n) is 4.90. The maximum Gasteiger partial charge on any atom is 0.346 e. The van der Waals surface area contributed by atoms with Crippen LogP contribution in [-0.2, 0) is 11.3 Å². The molecule has 0 bridgehead atoms. The number of hydrogen-bond acceptors (Lipinski definition) is 3. The fraction of sp³-hybridized carbons (Fsp3) is 0.545. The molecule has 0 saturated heterocycles. The zero-order valence-electron chi connectivity index (χ0n) is 9.24. The van der Waals surface area contributed by atoms with E-state index in [0.717, 1.165) is 12.0 Å². The Labute approximate surface area is 93.7 Å². The lowest BCUT2D eigenvalue weighted by atomic mass is 10.1. The maximum atomic E-state index is 10.8. The van der Waals surface area contributed by atoms with Gasteiger partial charge in [0.25, 0.3) is 0 Å². The zero-order valence-corrected chi connectivity index (χ0v) is 10.1. The summed E-state index contributed by atoms with van der Waals surface area (Å²) < 4.78 is 5.66. The van der Waals surface area contributed by atoms with E-state index in [1.54, 1.807) is 11.4 Å². The molecule has 15 heavy (non-hydrogen) atoms. The molecule has 1 rings (SSSR count). The Hall–Kier alpha value is -0.870. The molecule has 1 aromatic heterocycles. The highest BCUT2D eigenvalue weighted by atomic mass is 32.1. The van der Waals surface area contributed by atoms with Crippen LogP contribution >= 0.6 is 11.3 Å². The van der Waals surface area contributed by atoms with Gasteiger partial charge in [-0.15, -0.1) is 11.3 Å². The number of hydrogen-bond donors (Lipinski definition) is 1. The van der Waals surface area contributed by atoms with Gasteiger partial charge in [-0.3, -0.25) is 0 Å². The van der Waals surface area contributed by atoms with E-state index in [-0.39, 0.29) is 5.60 Å². The van der Waals surface area contributed by atoms with E-state index in [1.165, 1.54) is 11.3 Å². The first-order chi connectivity index (χ1) is 6.96. The minimum absolute atomic E-state index is 0.197. The Morgan fingerprint density at radius 2 is 2.27 bits per heavy atom. The maximum absolute atomic E-state index is 10.8. The van der Waals surface area contributed by atoms with E-state index < -0.39 is 5.97 Å². The summed E-state index contributed by atoms with van der Waals surface area (Å²) in [6, 6.07) is 1.81. The summed E-state index contributed by atoms with van der Waals surface area (Å²) in [4.78, 5) is 11.2. The number of thiophene rings is 1. The summed E-state index contributed by atoms with van der Waals surface area (Å²) in [6.07, 6.45) is 0.902. The van der Waals surface area contributed by atoms with Crippen molar-refractivity contribution in [2.24, 2.45) is 0 Å². The van der Waals surface area contributed by atoms with E-state index in [1.807, 2.05) is 20.8 Å². The SMILES string of the molecule is CCC(C)(C)OCc1ccsc1C(=O)O. The van der Waals surface area contributed by atoms with Crippen LogP contribution in [0.3, 0.4) is 0 Å². The van der Waals surface area contributed by atoms with Crippen LogP contribution in [0.4, 0.5) is 0 Å². The van der Waals surface area contributed by atoms with Crippen molar-refractivity contribution in [1.29, 1.82) is 0 Å². The lowest BCUT2D eigenvalue weighted by Gasteiger charge is -2.23. The average Bonchev–Trinajstić information content (AvgIpc) is 2.63. The van der Waals surface area contributed by atoms with Crippen LogP contribution in [0.15, 0.2) is 11.4 Å². The minimum Gasteiger partial charge on any atom is -0.477 e. The third kappa shape index (κ3) is 3.32. The van der Waals surface area contributed by atoms with Crippen LogP contribution in [0.2, 0.25) is 0 Å². The lowest BCUT2D eigenvalue weighted by Crippen LogP contribution is -2.22. The van der Waals surface area contributed by atoms with Gasteiger partial charge in [-0.2, -0.15) is 0 Å². The number of aromatic carboxylic acids is 1. The molecule has 4 heteroatoms. The van der Waals surface area contributed by atoms with Crippen LogP contribution in [0.25, 0.3) is 0 Å². The normalized spacial score (nSPS) is 11.7. The summed E-state index contributed by atoms with van der Waals surface area (Å²) in [7, 11) is 0. The molecule has 0 spiro atoms. The topological polar surface area (TPSA) is 46.5 Å². The van der Waals surface area contributed by atoms with Gasteiger partial charge in [0.15, 0.2) is 0 Å². The molecule has 0 atom stereocenters. The Morgan fingerprint density at radius 3 is 2.80 bits per heavy atom. The van der Waals surface area contributed by atoms with Gasteiger partial charge in [0.2, 0.25) is 0 Å². The zero-order chi connectivity index (χ0) is 11.5. The van der Waals surface area contributed by atoms with Crippen molar-refractivity contribution in [3.63, 3.8) is 0 Å². The van der Waals surface area contributed by atoms with Crippen molar-refractivity contribution >= 4 is 17.3 Å². The summed E-state index contributed by atoms with van der Waals surface area (Å²) in [6.45, 7) is 6.41. The van der Waals surface area contributed by atoms with Gasteiger partial charge in [-0.1, -0.05) is 6.92 Å². The third-order valence-corrected chi connectivity index (χ3v) is 3.36. The first-order valence-corrected chi connectivity index (χ1v) is 5.78. The highest BCUT2D eigenvalue weighted by Crippen LogP contribution is 2.21. The Kier molecular flexibility index (Phi) is 3.88. The number of ether oxygens (including phenoxy) is 1. The number of carbonyl (C=O) groups is 1. The van der Waals surface area contributed by atoms with Gasteiger partial charge in [-0.05, 0) is 31.7 Å².